The van der Waals surface area contributed by atoms with Crippen LogP contribution >= 0.6 is 11.3 Å². The molecule has 0 aliphatic carbocycles. The van der Waals surface area contributed by atoms with Crippen molar-refractivity contribution in [2.24, 2.45) is 0 Å². The topological polar surface area (TPSA) is 30.2 Å². The molecule has 9 aromatic rings. The molecule has 0 amide bonds. The minimum Gasteiger partial charge on any atom is -0.306 e. The second kappa shape index (κ2) is 9.10. The van der Waals surface area contributed by atoms with Gasteiger partial charge in [0.05, 0.1) is 16.9 Å². The molecule has 0 saturated heterocycles. The van der Waals surface area contributed by atoms with Gasteiger partial charge < -0.3 is 4.40 Å². The molecule has 4 heterocycles. The number of rotatable bonds is 3. The molecular formula is C38H23N3S. The normalized spacial score (nSPS) is 11.8. The van der Waals surface area contributed by atoms with Crippen LogP contribution in [0.5, 0.6) is 0 Å². The van der Waals surface area contributed by atoms with Crippen LogP contribution in [0.15, 0.2) is 140 Å². The summed E-state index contributed by atoms with van der Waals surface area (Å²) in [6.07, 6.45) is 4.12. The average molecular weight is 554 g/mol. The quantitative estimate of drug-likeness (QED) is 0.204. The molecule has 3 nitrogen and oxygen atoms in total. The van der Waals surface area contributed by atoms with Gasteiger partial charge in [-0.1, -0.05) is 91.0 Å². The molecule has 0 bridgehead atoms. The van der Waals surface area contributed by atoms with Gasteiger partial charge in [-0.2, -0.15) is 0 Å². The summed E-state index contributed by atoms with van der Waals surface area (Å²) in [5.74, 6) is 0. The molecule has 4 aromatic heterocycles. The van der Waals surface area contributed by atoms with E-state index in [0.29, 0.717) is 0 Å². The Morgan fingerprint density at radius 2 is 1.24 bits per heavy atom. The number of imidazole rings is 1. The molecule has 5 aromatic carbocycles. The van der Waals surface area contributed by atoms with Gasteiger partial charge in [-0.3, -0.25) is 0 Å². The molecule has 0 fully saturated rings. The van der Waals surface area contributed by atoms with E-state index in [-0.39, 0.29) is 0 Å². The van der Waals surface area contributed by atoms with Gasteiger partial charge in [-0.15, -0.1) is 11.3 Å². The van der Waals surface area contributed by atoms with Gasteiger partial charge in [0.2, 0.25) is 0 Å². The van der Waals surface area contributed by atoms with E-state index in [1.54, 1.807) is 0 Å². The zero-order chi connectivity index (χ0) is 27.6. The summed E-state index contributed by atoms with van der Waals surface area (Å²) >= 11 is 1.88. The third-order valence-corrected chi connectivity index (χ3v) is 9.40. The molecule has 0 unspecified atom stereocenters. The van der Waals surface area contributed by atoms with Gasteiger partial charge in [-0.05, 0) is 47.5 Å². The SMILES string of the molecule is c1cc(-c2cccc(-c3nc4ccccc4c4c3ccc3c5ccccc5sc34)c2)cc(-c2cn3ccccc3n2)c1. The maximum atomic E-state index is 5.25. The molecule has 0 aliphatic rings. The summed E-state index contributed by atoms with van der Waals surface area (Å²) in [6, 6.07) is 45.3. The number of benzene rings is 5. The maximum Gasteiger partial charge on any atom is 0.137 e. The lowest BCUT2D eigenvalue weighted by atomic mass is 9.95. The van der Waals surface area contributed by atoms with Crippen LogP contribution in [0.3, 0.4) is 0 Å². The Kier molecular flexibility index (Phi) is 5.07. The van der Waals surface area contributed by atoms with Gasteiger partial charge >= 0.3 is 0 Å². The average Bonchev–Trinajstić information content (AvgIpc) is 3.66. The maximum absolute atomic E-state index is 5.25. The Balaban J connectivity index is 1.24. The fraction of sp³-hybridized carbons (Fsp3) is 0. The first-order chi connectivity index (χ1) is 20.8. The van der Waals surface area contributed by atoms with Crippen molar-refractivity contribution in [3.8, 4) is 33.6 Å². The minimum atomic E-state index is 0.946. The van der Waals surface area contributed by atoms with Crippen molar-refractivity contribution in [1.29, 1.82) is 0 Å². The van der Waals surface area contributed by atoms with E-state index in [9.17, 15) is 0 Å². The molecule has 196 valence electrons. The minimum absolute atomic E-state index is 0.946. The first-order valence-electron chi connectivity index (χ1n) is 14.1. The fourth-order valence-electron chi connectivity index (χ4n) is 6.21. The van der Waals surface area contributed by atoms with Gasteiger partial charge in [0, 0.05) is 59.9 Å². The first kappa shape index (κ1) is 23.4. The second-order valence-corrected chi connectivity index (χ2v) is 11.7. The molecule has 4 heteroatoms. The number of fused-ring (bicyclic) bond motifs is 8. The van der Waals surface area contributed by atoms with Crippen molar-refractivity contribution < 1.29 is 0 Å². The first-order valence-corrected chi connectivity index (χ1v) is 14.9. The third-order valence-electron chi connectivity index (χ3n) is 8.20. The van der Waals surface area contributed by atoms with E-state index < -0.39 is 0 Å². The van der Waals surface area contributed by atoms with Crippen molar-refractivity contribution >= 4 is 58.8 Å². The van der Waals surface area contributed by atoms with Gasteiger partial charge in [0.1, 0.15) is 5.65 Å². The van der Waals surface area contributed by atoms with Crippen LogP contribution < -0.4 is 0 Å². The third kappa shape index (κ3) is 3.59. The van der Waals surface area contributed by atoms with E-state index in [1.165, 1.54) is 36.3 Å². The van der Waals surface area contributed by atoms with Gasteiger partial charge in [0.25, 0.3) is 0 Å². The Hall–Kier alpha value is -5.32. The summed E-state index contributed by atoms with van der Waals surface area (Å²) in [5.41, 5.74) is 8.47. The Labute approximate surface area is 246 Å². The van der Waals surface area contributed by atoms with E-state index in [2.05, 4.69) is 120 Å². The molecule has 0 atom stereocenters. The van der Waals surface area contributed by atoms with Crippen molar-refractivity contribution in [2.75, 3.05) is 0 Å². The lowest BCUT2D eigenvalue weighted by Crippen LogP contribution is -1.91. The van der Waals surface area contributed by atoms with E-state index in [0.717, 1.165) is 44.8 Å². The largest absolute Gasteiger partial charge is 0.306 e. The van der Waals surface area contributed by atoms with E-state index >= 15 is 0 Å². The monoisotopic (exact) mass is 553 g/mol. The van der Waals surface area contributed by atoms with Crippen LogP contribution in [0.2, 0.25) is 0 Å². The number of aromatic nitrogens is 3. The number of pyridine rings is 2. The molecule has 0 spiro atoms. The van der Waals surface area contributed by atoms with Crippen LogP contribution in [0.4, 0.5) is 0 Å². The van der Waals surface area contributed by atoms with Crippen LogP contribution in [0.1, 0.15) is 0 Å². The van der Waals surface area contributed by atoms with Crippen LogP contribution in [0.25, 0.3) is 81.1 Å². The Morgan fingerprint density at radius 3 is 2.12 bits per heavy atom. The highest BCUT2D eigenvalue weighted by Gasteiger charge is 2.16. The smallest absolute Gasteiger partial charge is 0.137 e. The summed E-state index contributed by atoms with van der Waals surface area (Å²) in [7, 11) is 0. The highest BCUT2D eigenvalue weighted by atomic mass is 32.1. The van der Waals surface area contributed by atoms with E-state index in [4.69, 9.17) is 9.97 Å². The van der Waals surface area contributed by atoms with Crippen molar-refractivity contribution in [1.82, 2.24) is 14.4 Å². The number of nitrogens with zero attached hydrogens (tertiary/aromatic N) is 3. The van der Waals surface area contributed by atoms with Crippen LogP contribution in [-0.4, -0.2) is 14.4 Å². The van der Waals surface area contributed by atoms with Crippen molar-refractivity contribution in [2.45, 2.75) is 0 Å². The summed E-state index contributed by atoms with van der Waals surface area (Å²) < 4.78 is 4.70. The highest BCUT2D eigenvalue weighted by molar-refractivity contribution is 7.26. The van der Waals surface area contributed by atoms with Crippen molar-refractivity contribution in [3.63, 3.8) is 0 Å². The van der Waals surface area contributed by atoms with Crippen LogP contribution in [0, 0.1) is 0 Å². The molecule has 42 heavy (non-hydrogen) atoms. The second-order valence-electron chi connectivity index (χ2n) is 10.7. The summed E-state index contributed by atoms with van der Waals surface area (Å²) in [6.45, 7) is 0. The zero-order valence-corrected chi connectivity index (χ0v) is 23.3. The zero-order valence-electron chi connectivity index (χ0n) is 22.5. The highest BCUT2D eigenvalue weighted by Crippen LogP contribution is 2.43. The summed E-state index contributed by atoms with van der Waals surface area (Å²) in [5, 5.41) is 6.29. The number of thiophene rings is 1. The number of hydrogen-bond acceptors (Lipinski definition) is 3. The van der Waals surface area contributed by atoms with Crippen molar-refractivity contribution in [3.05, 3.63) is 140 Å². The molecule has 9 rings (SSSR count). The van der Waals surface area contributed by atoms with Gasteiger partial charge in [-0.25, -0.2) is 9.97 Å². The van der Waals surface area contributed by atoms with Gasteiger partial charge in [0.15, 0.2) is 0 Å². The Morgan fingerprint density at radius 1 is 0.524 bits per heavy atom. The predicted octanol–water partition coefficient (Wildman–Crippen LogP) is 10.4. The lowest BCUT2D eigenvalue weighted by molar-refractivity contribution is 1.19. The molecule has 0 N–H and O–H groups in total. The molecular weight excluding hydrogens is 531 g/mol. The van der Waals surface area contributed by atoms with Crippen LogP contribution in [-0.2, 0) is 0 Å². The summed E-state index contributed by atoms with van der Waals surface area (Å²) in [4.78, 5) is 10.1. The molecule has 0 saturated carbocycles. The number of para-hydroxylation sites is 1. The molecule has 0 radical (unpaired) electrons. The predicted molar refractivity (Wildman–Crippen MR) is 177 cm³/mol. The Bertz CT molecular complexity index is 2450. The van der Waals surface area contributed by atoms with E-state index in [1.807, 2.05) is 35.7 Å². The molecule has 0 aliphatic heterocycles. The number of hydrogen-bond donors (Lipinski definition) is 0. The fourth-order valence-corrected chi connectivity index (χ4v) is 7.48. The standard InChI is InChI=1S/C38H23N3S/c1-3-15-32-30(14-1)36-31(19-18-29-28-13-2-4-16-34(28)42-38(29)36)37(40-32)27-12-8-10-25(22-27)24-9-7-11-26(21-24)33-23-41-20-6-5-17-35(41)39-33/h1-23H. The lowest BCUT2D eigenvalue weighted by Gasteiger charge is -2.12.